The fourth-order valence-corrected chi connectivity index (χ4v) is 5.87. The summed E-state index contributed by atoms with van der Waals surface area (Å²) < 4.78 is 0. The summed E-state index contributed by atoms with van der Waals surface area (Å²) in [6.45, 7) is 20.0. The molecule has 0 aliphatic heterocycles. The van der Waals surface area contributed by atoms with Crippen LogP contribution in [0.5, 0.6) is 0 Å². The number of benzene rings is 2. The van der Waals surface area contributed by atoms with Crippen molar-refractivity contribution in [2.75, 3.05) is 0 Å². The van der Waals surface area contributed by atoms with Gasteiger partial charge in [0.1, 0.15) is 0 Å². The van der Waals surface area contributed by atoms with Crippen molar-refractivity contribution in [3.63, 3.8) is 0 Å². The van der Waals surface area contributed by atoms with Gasteiger partial charge in [0.15, 0.2) is 0 Å². The van der Waals surface area contributed by atoms with Crippen LogP contribution in [0.25, 0.3) is 11.1 Å². The number of rotatable bonds is 2. The van der Waals surface area contributed by atoms with Gasteiger partial charge in [0, 0.05) is 5.41 Å². The Morgan fingerprint density at radius 2 is 1.00 bits per heavy atom. The SMILES string of the molecule is C.C1=CC(C2(C3CCCCCC3)c3ccccc3-c3ccccc32)=CCC1.CC.CC.CC.CC.CC. The first-order valence-corrected chi connectivity index (χ1v) is 15.5. The molecule has 2 aromatic rings. The molecule has 3 aliphatic rings. The molecule has 5 rings (SSSR count). The number of hydrogen-bond donors (Lipinski definition) is 0. The van der Waals surface area contributed by atoms with Crippen molar-refractivity contribution < 1.29 is 0 Å². The molecule has 0 N–H and O–H groups in total. The van der Waals surface area contributed by atoms with Crippen molar-refractivity contribution >= 4 is 0 Å². The molecule has 3 aliphatic carbocycles. The van der Waals surface area contributed by atoms with Gasteiger partial charge in [-0.05, 0) is 59.4 Å². The lowest BCUT2D eigenvalue weighted by molar-refractivity contribution is 0.334. The smallest absolute Gasteiger partial charge is 0.0488 e. The van der Waals surface area contributed by atoms with Gasteiger partial charge in [-0.1, -0.05) is 169 Å². The standard InChI is InChI=1S/C26H28.5C2H6.CH4/c1-2-5-13-20(12-4-1)26(21-14-6-3-7-15-21)24-18-10-8-16-22(24)23-17-9-11-19-25(23)26;5*1-2;/h6,8-11,14-20H,1-5,7,12-13H2;5*1-2H3;1H4. The van der Waals surface area contributed by atoms with Crippen molar-refractivity contribution in [1.29, 1.82) is 0 Å². The van der Waals surface area contributed by atoms with Crippen molar-refractivity contribution in [1.82, 2.24) is 0 Å². The lowest BCUT2D eigenvalue weighted by Crippen LogP contribution is -2.36. The Hall–Kier alpha value is -2.08. The zero-order chi connectivity index (χ0) is 27.4. The third-order valence-corrected chi connectivity index (χ3v) is 6.91. The highest BCUT2D eigenvalue weighted by Crippen LogP contribution is 2.59. The maximum atomic E-state index is 2.55. The van der Waals surface area contributed by atoms with Crippen LogP contribution in [0.4, 0.5) is 0 Å². The summed E-state index contributed by atoms with van der Waals surface area (Å²) in [4.78, 5) is 0. The molecular weight excluding hydrogens is 444 g/mol. The molecule has 2 aromatic carbocycles. The molecule has 0 amide bonds. The highest BCUT2D eigenvalue weighted by molar-refractivity contribution is 5.84. The van der Waals surface area contributed by atoms with Crippen LogP contribution in [-0.2, 0) is 5.41 Å². The summed E-state index contributed by atoms with van der Waals surface area (Å²) in [6.07, 6.45) is 18.1. The van der Waals surface area contributed by atoms with Gasteiger partial charge in [0.25, 0.3) is 0 Å². The molecular formula is C37H62. The monoisotopic (exact) mass is 506 g/mol. The van der Waals surface area contributed by atoms with Crippen LogP contribution >= 0.6 is 0 Å². The van der Waals surface area contributed by atoms with Gasteiger partial charge >= 0.3 is 0 Å². The van der Waals surface area contributed by atoms with Gasteiger partial charge in [-0.25, -0.2) is 0 Å². The maximum absolute atomic E-state index is 2.55. The van der Waals surface area contributed by atoms with E-state index in [9.17, 15) is 0 Å². The topological polar surface area (TPSA) is 0 Å². The van der Waals surface area contributed by atoms with E-state index in [1.54, 1.807) is 16.7 Å². The summed E-state index contributed by atoms with van der Waals surface area (Å²) in [5.41, 5.74) is 7.68. The molecule has 0 aromatic heterocycles. The second kappa shape index (κ2) is 22.0. The fraction of sp³-hybridized carbons (Fsp3) is 0.568. The van der Waals surface area contributed by atoms with E-state index in [0.29, 0.717) is 5.92 Å². The molecule has 0 bridgehead atoms. The van der Waals surface area contributed by atoms with Gasteiger partial charge in [-0.3, -0.25) is 0 Å². The Morgan fingerprint density at radius 3 is 1.41 bits per heavy atom. The number of fused-ring (bicyclic) bond motifs is 3. The molecule has 0 atom stereocenters. The quantitative estimate of drug-likeness (QED) is 0.355. The molecule has 1 saturated carbocycles. The predicted molar refractivity (Wildman–Crippen MR) is 174 cm³/mol. The van der Waals surface area contributed by atoms with Crippen molar-refractivity contribution in [3.8, 4) is 11.1 Å². The highest BCUT2D eigenvalue weighted by atomic mass is 14.5. The zero-order valence-electron chi connectivity index (χ0n) is 25.6. The predicted octanol–water partition coefficient (Wildman–Crippen LogP) is 13.0. The van der Waals surface area contributed by atoms with Gasteiger partial charge in [0.2, 0.25) is 0 Å². The molecule has 0 heterocycles. The van der Waals surface area contributed by atoms with E-state index in [4.69, 9.17) is 0 Å². The number of allylic oxidation sites excluding steroid dienone is 4. The van der Waals surface area contributed by atoms with E-state index in [2.05, 4.69) is 66.8 Å². The minimum atomic E-state index is 0. The molecule has 0 radical (unpaired) electrons. The minimum absolute atomic E-state index is 0. The Morgan fingerprint density at radius 1 is 0.568 bits per heavy atom. The molecule has 210 valence electrons. The van der Waals surface area contributed by atoms with E-state index >= 15 is 0 Å². The summed E-state index contributed by atoms with van der Waals surface area (Å²) in [7, 11) is 0. The largest absolute Gasteiger partial charge is 0.0839 e. The van der Waals surface area contributed by atoms with E-state index < -0.39 is 0 Å². The van der Waals surface area contributed by atoms with Crippen LogP contribution < -0.4 is 0 Å². The van der Waals surface area contributed by atoms with Crippen molar-refractivity contribution in [3.05, 3.63) is 83.5 Å². The lowest BCUT2D eigenvalue weighted by atomic mass is 9.60. The Bertz CT molecular complexity index is 814. The van der Waals surface area contributed by atoms with Crippen molar-refractivity contribution in [2.24, 2.45) is 5.92 Å². The molecule has 0 saturated heterocycles. The first-order valence-electron chi connectivity index (χ1n) is 15.5. The van der Waals surface area contributed by atoms with Gasteiger partial charge in [-0.2, -0.15) is 0 Å². The van der Waals surface area contributed by atoms with Crippen LogP contribution in [0.1, 0.15) is 139 Å². The zero-order valence-corrected chi connectivity index (χ0v) is 25.6. The first kappa shape index (κ1) is 37.1. The molecule has 0 spiro atoms. The third-order valence-electron chi connectivity index (χ3n) is 6.91. The summed E-state index contributed by atoms with van der Waals surface area (Å²) in [5, 5.41) is 0. The van der Waals surface area contributed by atoms with E-state index in [-0.39, 0.29) is 12.8 Å². The van der Waals surface area contributed by atoms with Crippen LogP contribution in [0.3, 0.4) is 0 Å². The van der Waals surface area contributed by atoms with E-state index in [1.165, 1.54) is 62.5 Å². The Kier molecular flexibility index (Phi) is 22.0. The van der Waals surface area contributed by atoms with Crippen molar-refractivity contribution in [2.45, 2.75) is 133 Å². The maximum Gasteiger partial charge on any atom is 0.0488 e. The summed E-state index contributed by atoms with van der Waals surface area (Å²) >= 11 is 0. The fourth-order valence-electron chi connectivity index (χ4n) is 5.87. The van der Waals surface area contributed by atoms with E-state index in [0.717, 1.165) is 0 Å². The van der Waals surface area contributed by atoms with Crippen LogP contribution in [0, 0.1) is 5.92 Å². The average molecular weight is 507 g/mol. The van der Waals surface area contributed by atoms with Crippen LogP contribution in [0.2, 0.25) is 0 Å². The lowest BCUT2D eigenvalue weighted by Gasteiger charge is -2.42. The average Bonchev–Trinajstić information content (AvgIpc) is 3.12. The van der Waals surface area contributed by atoms with Gasteiger partial charge in [0.05, 0.1) is 0 Å². The highest BCUT2D eigenvalue weighted by Gasteiger charge is 2.49. The second-order valence-corrected chi connectivity index (χ2v) is 8.23. The molecule has 0 unspecified atom stereocenters. The molecule has 1 fully saturated rings. The summed E-state index contributed by atoms with van der Waals surface area (Å²) in [5.74, 6) is 0.712. The van der Waals surface area contributed by atoms with Gasteiger partial charge in [-0.15, -0.1) is 0 Å². The number of hydrogen-bond acceptors (Lipinski definition) is 0. The summed E-state index contributed by atoms with van der Waals surface area (Å²) in [6, 6.07) is 18.5. The molecule has 37 heavy (non-hydrogen) atoms. The van der Waals surface area contributed by atoms with Gasteiger partial charge < -0.3 is 0 Å². The van der Waals surface area contributed by atoms with Crippen LogP contribution in [0.15, 0.2) is 72.3 Å². The third kappa shape index (κ3) is 8.20. The van der Waals surface area contributed by atoms with E-state index in [1.807, 2.05) is 69.2 Å². The van der Waals surface area contributed by atoms with Crippen LogP contribution in [-0.4, -0.2) is 0 Å². The molecule has 0 nitrogen and oxygen atoms in total. The normalized spacial score (nSPS) is 16.0. The minimum Gasteiger partial charge on any atom is -0.0839 e. The molecule has 0 heteroatoms. The Labute approximate surface area is 233 Å². The Balaban J connectivity index is 0. The first-order chi connectivity index (χ1) is 17.9. The second-order valence-electron chi connectivity index (χ2n) is 8.23.